The first-order valence-electron chi connectivity index (χ1n) is 10.2. The summed E-state index contributed by atoms with van der Waals surface area (Å²) in [4.78, 5) is 26.5. The van der Waals surface area contributed by atoms with E-state index in [1.54, 1.807) is 0 Å². The molecule has 0 unspecified atom stereocenters. The quantitative estimate of drug-likeness (QED) is 0.815. The zero-order valence-corrected chi connectivity index (χ0v) is 17.5. The van der Waals surface area contributed by atoms with Crippen molar-refractivity contribution >= 4 is 12.0 Å². The highest BCUT2D eigenvalue weighted by Crippen LogP contribution is 2.28. The number of ether oxygens (including phenoxy) is 1. The Balaban J connectivity index is 1.50. The summed E-state index contributed by atoms with van der Waals surface area (Å²) in [7, 11) is 0. The third-order valence-electron chi connectivity index (χ3n) is 5.09. The molecule has 1 N–H and O–H groups in total. The van der Waals surface area contributed by atoms with Crippen molar-refractivity contribution in [3.05, 3.63) is 71.3 Å². The smallest absolute Gasteiger partial charge is 0.407 e. The average Bonchev–Trinajstić information content (AvgIpc) is 2.72. The van der Waals surface area contributed by atoms with E-state index in [-0.39, 0.29) is 5.91 Å². The minimum atomic E-state index is -0.520. The predicted molar refractivity (Wildman–Crippen MR) is 114 cm³/mol. The van der Waals surface area contributed by atoms with Gasteiger partial charge in [-0.05, 0) is 62.8 Å². The van der Waals surface area contributed by atoms with Crippen LogP contribution in [0.5, 0.6) is 0 Å². The normalized spacial score (nSPS) is 15.1. The first-order valence-corrected chi connectivity index (χ1v) is 10.2. The Bertz CT molecular complexity index is 817. The Hall–Kier alpha value is -2.82. The second-order valence-electron chi connectivity index (χ2n) is 8.53. The van der Waals surface area contributed by atoms with Gasteiger partial charge in [0.15, 0.2) is 0 Å². The van der Waals surface area contributed by atoms with Crippen LogP contribution in [-0.4, -0.2) is 35.6 Å². The number of amides is 2. The minimum Gasteiger partial charge on any atom is -0.444 e. The van der Waals surface area contributed by atoms with Gasteiger partial charge in [-0.1, -0.05) is 42.5 Å². The lowest BCUT2D eigenvalue weighted by Gasteiger charge is -2.32. The van der Waals surface area contributed by atoms with Gasteiger partial charge in [0.25, 0.3) is 5.91 Å². The number of nitrogens with zero attached hydrogens (tertiary/aromatic N) is 1. The van der Waals surface area contributed by atoms with Gasteiger partial charge in [0.05, 0.1) is 0 Å². The van der Waals surface area contributed by atoms with Crippen LogP contribution >= 0.6 is 0 Å². The maximum atomic E-state index is 12.8. The van der Waals surface area contributed by atoms with Gasteiger partial charge < -0.3 is 15.0 Å². The van der Waals surface area contributed by atoms with E-state index >= 15 is 0 Å². The molecule has 0 spiro atoms. The first kappa shape index (κ1) is 20.9. The molecule has 0 aliphatic carbocycles. The van der Waals surface area contributed by atoms with Gasteiger partial charge in [0.2, 0.25) is 0 Å². The molecule has 2 aromatic carbocycles. The molecule has 1 aliphatic heterocycles. The lowest BCUT2D eigenvalue weighted by molar-refractivity contribution is 0.0523. The van der Waals surface area contributed by atoms with Crippen LogP contribution in [0.4, 0.5) is 4.79 Å². The van der Waals surface area contributed by atoms with Crippen LogP contribution in [0, 0.1) is 0 Å². The van der Waals surface area contributed by atoms with Crippen molar-refractivity contribution in [3.8, 4) is 0 Å². The summed E-state index contributed by atoms with van der Waals surface area (Å²) in [5.41, 5.74) is 2.45. The summed E-state index contributed by atoms with van der Waals surface area (Å²) < 4.78 is 5.23. The zero-order valence-electron chi connectivity index (χ0n) is 17.5. The van der Waals surface area contributed by atoms with Gasteiger partial charge in [-0.3, -0.25) is 4.79 Å². The summed E-state index contributed by atoms with van der Waals surface area (Å²) in [6.45, 7) is 7.41. The SMILES string of the molecule is CC(C)(C)OC(=O)NCc1ccc(C(=O)N2CCC(c3ccccc3)CC2)cc1. The molecule has 0 aromatic heterocycles. The Kier molecular flexibility index (Phi) is 6.57. The Morgan fingerprint density at radius 3 is 2.21 bits per heavy atom. The molecule has 3 rings (SSSR count). The van der Waals surface area contributed by atoms with Crippen molar-refractivity contribution in [2.75, 3.05) is 13.1 Å². The predicted octanol–water partition coefficient (Wildman–Crippen LogP) is 4.73. The maximum absolute atomic E-state index is 12.8. The van der Waals surface area contributed by atoms with Crippen LogP contribution in [0.1, 0.15) is 61.0 Å². The fourth-order valence-electron chi connectivity index (χ4n) is 3.58. The summed E-state index contributed by atoms with van der Waals surface area (Å²) in [6, 6.07) is 17.9. The van der Waals surface area contributed by atoms with Gasteiger partial charge in [0, 0.05) is 25.2 Å². The molecule has 5 nitrogen and oxygen atoms in total. The summed E-state index contributed by atoms with van der Waals surface area (Å²) >= 11 is 0. The van der Waals surface area contributed by atoms with Crippen molar-refractivity contribution < 1.29 is 14.3 Å². The third-order valence-corrected chi connectivity index (χ3v) is 5.09. The Morgan fingerprint density at radius 1 is 1.00 bits per heavy atom. The van der Waals surface area contributed by atoms with E-state index in [0.717, 1.165) is 31.5 Å². The molecule has 1 aliphatic rings. The van der Waals surface area contributed by atoms with Gasteiger partial charge in [-0.25, -0.2) is 4.79 Å². The molecule has 5 heteroatoms. The molecule has 0 radical (unpaired) electrons. The lowest BCUT2D eigenvalue weighted by atomic mass is 9.89. The largest absolute Gasteiger partial charge is 0.444 e. The van der Waals surface area contributed by atoms with Crippen molar-refractivity contribution in [3.63, 3.8) is 0 Å². The highest BCUT2D eigenvalue weighted by atomic mass is 16.6. The zero-order chi connectivity index (χ0) is 20.9. The van der Waals surface area contributed by atoms with Crippen LogP contribution in [0.25, 0.3) is 0 Å². The van der Waals surface area contributed by atoms with Crippen LogP contribution in [-0.2, 0) is 11.3 Å². The molecule has 0 bridgehead atoms. The van der Waals surface area contributed by atoms with Crippen molar-refractivity contribution in [1.29, 1.82) is 0 Å². The molecule has 2 aromatic rings. The second kappa shape index (κ2) is 9.12. The summed E-state index contributed by atoms with van der Waals surface area (Å²) in [5.74, 6) is 0.602. The van der Waals surface area contributed by atoms with Gasteiger partial charge in [-0.15, -0.1) is 0 Å². The maximum Gasteiger partial charge on any atom is 0.407 e. The van der Waals surface area contributed by atoms with Gasteiger partial charge in [-0.2, -0.15) is 0 Å². The molecule has 1 heterocycles. The van der Waals surface area contributed by atoms with E-state index in [0.29, 0.717) is 18.0 Å². The number of nitrogens with one attached hydrogen (secondary N) is 1. The first-order chi connectivity index (χ1) is 13.8. The Labute approximate surface area is 173 Å². The van der Waals surface area contributed by atoms with E-state index in [9.17, 15) is 9.59 Å². The van der Waals surface area contributed by atoms with Crippen molar-refractivity contribution in [2.24, 2.45) is 0 Å². The number of benzene rings is 2. The van der Waals surface area contributed by atoms with Crippen molar-refractivity contribution in [1.82, 2.24) is 10.2 Å². The summed E-state index contributed by atoms with van der Waals surface area (Å²) in [5, 5.41) is 2.73. The highest BCUT2D eigenvalue weighted by Gasteiger charge is 2.24. The number of carbonyl (C=O) groups excluding carboxylic acids is 2. The van der Waals surface area contributed by atoms with E-state index < -0.39 is 11.7 Å². The van der Waals surface area contributed by atoms with Crippen LogP contribution in [0.15, 0.2) is 54.6 Å². The monoisotopic (exact) mass is 394 g/mol. The Morgan fingerprint density at radius 2 is 1.62 bits per heavy atom. The fraction of sp³-hybridized carbons (Fsp3) is 0.417. The van der Waals surface area contributed by atoms with Crippen LogP contribution < -0.4 is 5.32 Å². The summed E-state index contributed by atoms with van der Waals surface area (Å²) in [6.07, 6.45) is 1.54. The average molecular weight is 395 g/mol. The molecule has 0 saturated carbocycles. The molecular weight excluding hydrogens is 364 g/mol. The number of hydrogen-bond donors (Lipinski definition) is 1. The van der Waals surface area contributed by atoms with E-state index in [4.69, 9.17) is 4.74 Å². The van der Waals surface area contributed by atoms with E-state index in [1.807, 2.05) is 56.0 Å². The molecule has 0 atom stereocenters. The fourth-order valence-corrected chi connectivity index (χ4v) is 3.58. The van der Waals surface area contributed by atoms with Crippen LogP contribution in [0.3, 0.4) is 0 Å². The van der Waals surface area contributed by atoms with E-state index in [2.05, 4.69) is 29.6 Å². The number of rotatable bonds is 4. The highest BCUT2D eigenvalue weighted by molar-refractivity contribution is 5.94. The number of carbonyl (C=O) groups is 2. The van der Waals surface area contributed by atoms with Crippen LogP contribution in [0.2, 0.25) is 0 Å². The molecule has 1 fully saturated rings. The minimum absolute atomic E-state index is 0.0724. The number of hydrogen-bond acceptors (Lipinski definition) is 3. The number of alkyl carbamates (subject to hydrolysis) is 1. The molecule has 29 heavy (non-hydrogen) atoms. The van der Waals surface area contributed by atoms with Gasteiger partial charge in [0.1, 0.15) is 5.60 Å². The number of piperidine rings is 1. The van der Waals surface area contributed by atoms with Gasteiger partial charge >= 0.3 is 6.09 Å². The molecule has 1 saturated heterocycles. The molecular formula is C24H30N2O3. The standard InChI is InChI=1S/C24H30N2O3/c1-24(2,3)29-23(28)25-17-18-9-11-21(12-10-18)22(27)26-15-13-20(14-16-26)19-7-5-4-6-8-19/h4-12,20H,13-17H2,1-3H3,(H,25,28). The second-order valence-corrected chi connectivity index (χ2v) is 8.53. The number of likely N-dealkylation sites (tertiary alicyclic amines) is 1. The van der Waals surface area contributed by atoms with E-state index in [1.165, 1.54) is 5.56 Å². The molecule has 154 valence electrons. The third kappa shape index (κ3) is 6.08. The molecule has 2 amide bonds. The van der Waals surface area contributed by atoms with Crippen molar-refractivity contribution in [2.45, 2.75) is 51.7 Å². The topological polar surface area (TPSA) is 58.6 Å². The lowest BCUT2D eigenvalue weighted by Crippen LogP contribution is -2.37.